The van der Waals surface area contributed by atoms with Crippen LogP contribution in [-0.4, -0.2) is 46.6 Å². The molecule has 6 nitrogen and oxygen atoms in total. The summed E-state index contributed by atoms with van der Waals surface area (Å²) in [5.41, 5.74) is 1.12. The van der Waals surface area contributed by atoms with Gasteiger partial charge >= 0.3 is 6.18 Å². The number of pyridine rings is 1. The van der Waals surface area contributed by atoms with E-state index in [1.165, 1.54) is 48.9 Å². The number of carbonyl (C=O) groups is 1. The van der Waals surface area contributed by atoms with Gasteiger partial charge in [-0.2, -0.15) is 13.2 Å². The summed E-state index contributed by atoms with van der Waals surface area (Å²) < 4.78 is 40.9. The quantitative estimate of drug-likeness (QED) is 0.801. The maximum absolute atomic E-state index is 12.2. The Morgan fingerprint density at radius 1 is 1.26 bits per heavy atom. The second-order valence-electron chi connectivity index (χ2n) is 6.22. The molecule has 0 radical (unpaired) electrons. The summed E-state index contributed by atoms with van der Waals surface area (Å²) in [6.07, 6.45) is 0.396. The Hall–Kier alpha value is -2.20. The van der Waals surface area contributed by atoms with Crippen LogP contribution >= 0.6 is 11.3 Å². The average molecular weight is 400 g/mol. The number of rotatable bonds is 6. The van der Waals surface area contributed by atoms with E-state index < -0.39 is 18.7 Å². The smallest absolute Gasteiger partial charge is 0.422 e. The summed E-state index contributed by atoms with van der Waals surface area (Å²) in [6.45, 7) is 1.46. The van der Waals surface area contributed by atoms with Crippen molar-refractivity contribution in [1.29, 1.82) is 0 Å². The van der Waals surface area contributed by atoms with Crippen LogP contribution < -0.4 is 10.1 Å². The molecular weight excluding hydrogens is 381 g/mol. The maximum atomic E-state index is 12.2. The van der Waals surface area contributed by atoms with Gasteiger partial charge in [0, 0.05) is 24.2 Å². The fraction of sp³-hybridized carbons (Fsp3) is 0.471. The zero-order valence-corrected chi connectivity index (χ0v) is 15.3. The monoisotopic (exact) mass is 400 g/mol. The van der Waals surface area contributed by atoms with E-state index in [1.807, 2.05) is 5.38 Å². The molecule has 3 rings (SSSR count). The highest BCUT2D eigenvalue weighted by atomic mass is 32.1. The third-order valence-electron chi connectivity index (χ3n) is 3.99. The van der Waals surface area contributed by atoms with E-state index >= 15 is 0 Å². The Kier molecular flexibility index (Phi) is 6.27. The van der Waals surface area contributed by atoms with E-state index in [4.69, 9.17) is 0 Å². The van der Waals surface area contributed by atoms with Crippen molar-refractivity contribution in [2.24, 2.45) is 0 Å². The van der Waals surface area contributed by atoms with Crippen LogP contribution in [0.15, 0.2) is 23.7 Å². The Morgan fingerprint density at radius 2 is 2.04 bits per heavy atom. The number of ether oxygens (including phenoxy) is 1. The van der Waals surface area contributed by atoms with Crippen LogP contribution in [0.25, 0.3) is 0 Å². The van der Waals surface area contributed by atoms with Crippen LogP contribution in [-0.2, 0) is 6.54 Å². The van der Waals surface area contributed by atoms with Gasteiger partial charge in [0.05, 0.1) is 11.3 Å². The molecule has 1 fully saturated rings. The summed E-state index contributed by atoms with van der Waals surface area (Å²) in [5, 5.41) is 5.07. The number of amides is 1. The van der Waals surface area contributed by atoms with Crippen LogP contribution in [0.5, 0.6) is 5.88 Å². The van der Waals surface area contributed by atoms with Gasteiger partial charge in [0.15, 0.2) is 11.7 Å². The molecule has 0 spiro atoms. The highest BCUT2D eigenvalue weighted by molar-refractivity contribution is 7.13. The number of likely N-dealkylation sites (tertiary alicyclic amines) is 1. The number of alkyl halides is 3. The van der Waals surface area contributed by atoms with Gasteiger partial charge < -0.3 is 4.74 Å². The van der Waals surface area contributed by atoms with Crippen LogP contribution in [0.2, 0.25) is 0 Å². The lowest BCUT2D eigenvalue weighted by Crippen LogP contribution is -2.29. The second kappa shape index (κ2) is 8.66. The van der Waals surface area contributed by atoms with E-state index in [0.29, 0.717) is 5.13 Å². The number of hydrogen-bond donors (Lipinski definition) is 1. The van der Waals surface area contributed by atoms with Gasteiger partial charge in [-0.05, 0) is 32.0 Å². The summed E-state index contributed by atoms with van der Waals surface area (Å²) in [5.74, 6) is -0.620. The van der Waals surface area contributed by atoms with Gasteiger partial charge in [0.25, 0.3) is 5.91 Å². The lowest BCUT2D eigenvalue weighted by molar-refractivity contribution is -0.154. The van der Waals surface area contributed by atoms with Crippen LogP contribution in [0.3, 0.4) is 0 Å². The molecule has 0 bridgehead atoms. The van der Waals surface area contributed by atoms with Gasteiger partial charge in [-0.25, -0.2) is 9.97 Å². The molecule has 0 unspecified atom stereocenters. The summed E-state index contributed by atoms with van der Waals surface area (Å²) in [7, 11) is 0. The summed E-state index contributed by atoms with van der Waals surface area (Å²) in [6, 6.07) is 2.58. The molecule has 1 saturated heterocycles. The minimum atomic E-state index is -4.44. The molecule has 27 heavy (non-hydrogen) atoms. The number of halogens is 3. The molecule has 1 N–H and O–H groups in total. The molecule has 1 amide bonds. The van der Waals surface area contributed by atoms with E-state index in [2.05, 4.69) is 24.9 Å². The molecule has 2 aromatic rings. The van der Waals surface area contributed by atoms with Crippen molar-refractivity contribution in [2.75, 3.05) is 25.0 Å². The number of hydrogen-bond acceptors (Lipinski definition) is 6. The minimum Gasteiger partial charge on any atom is -0.468 e. The van der Waals surface area contributed by atoms with Crippen LogP contribution in [0.4, 0.5) is 18.3 Å². The largest absolute Gasteiger partial charge is 0.468 e. The predicted molar refractivity (Wildman–Crippen MR) is 95.0 cm³/mol. The lowest BCUT2D eigenvalue weighted by Gasteiger charge is -2.25. The van der Waals surface area contributed by atoms with E-state index in [1.54, 1.807) is 0 Å². The number of nitrogens with zero attached hydrogens (tertiary/aromatic N) is 3. The average Bonchev–Trinajstić information content (AvgIpc) is 3.07. The van der Waals surface area contributed by atoms with Gasteiger partial charge in [-0.3, -0.25) is 15.0 Å². The third-order valence-corrected chi connectivity index (χ3v) is 4.80. The van der Waals surface area contributed by atoms with Crippen molar-refractivity contribution in [2.45, 2.75) is 32.0 Å². The number of anilines is 1. The van der Waals surface area contributed by atoms with Gasteiger partial charge in [0.1, 0.15) is 0 Å². The van der Waals surface area contributed by atoms with E-state index in [0.717, 1.165) is 25.3 Å². The zero-order chi connectivity index (χ0) is 19.3. The molecule has 1 aliphatic rings. The molecular formula is C17H19F3N4O2S. The Balaban J connectivity index is 1.52. The van der Waals surface area contributed by atoms with Crippen LogP contribution in [0.1, 0.15) is 35.3 Å². The molecule has 0 aliphatic carbocycles. The Labute approximate surface area is 158 Å². The highest BCUT2D eigenvalue weighted by Crippen LogP contribution is 2.20. The molecule has 3 heterocycles. The number of nitrogens with one attached hydrogen (secondary N) is 1. The van der Waals surface area contributed by atoms with Crippen molar-refractivity contribution in [3.63, 3.8) is 0 Å². The first-order chi connectivity index (χ1) is 12.9. The highest BCUT2D eigenvalue weighted by Gasteiger charge is 2.28. The topological polar surface area (TPSA) is 67.4 Å². The second-order valence-corrected chi connectivity index (χ2v) is 7.08. The normalized spacial score (nSPS) is 15.5. The number of aromatic nitrogens is 2. The minimum absolute atomic E-state index is 0.193. The number of piperidine rings is 1. The Bertz CT molecular complexity index is 758. The third kappa shape index (κ3) is 6.17. The van der Waals surface area contributed by atoms with Gasteiger partial charge in [0.2, 0.25) is 5.88 Å². The SMILES string of the molecule is O=C(Nc1nc(CN2CCCCC2)cs1)c1ccc(OCC(F)(F)F)nc1. The maximum Gasteiger partial charge on any atom is 0.422 e. The molecule has 0 aromatic carbocycles. The van der Waals surface area contributed by atoms with Crippen molar-refractivity contribution in [1.82, 2.24) is 14.9 Å². The summed E-state index contributed by atoms with van der Waals surface area (Å²) >= 11 is 1.34. The van der Waals surface area contributed by atoms with Crippen molar-refractivity contribution < 1.29 is 22.7 Å². The molecule has 1 aliphatic heterocycles. The molecule has 10 heteroatoms. The van der Waals surface area contributed by atoms with Crippen molar-refractivity contribution >= 4 is 22.4 Å². The lowest BCUT2D eigenvalue weighted by atomic mass is 10.1. The Morgan fingerprint density at radius 3 is 2.70 bits per heavy atom. The van der Waals surface area contributed by atoms with Crippen LogP contribution in [0, 0.1) is 0 Å². The fourth-order valence-corrected chi connectivity index (χ4v) is 3.41. The van der Waals surface area contributed by atoms with Crippen molar-refractivity contribution in [3.05, 3.63) is 35.0 Å². The molecule has 146 valence electrons. The molecule has 0 saturated carbocycles. The standard InChI is InChI=1S/C17H19F3N4O2S/c18-17(19,20)11-26-14-5-4-12(8-21-14)15(25)23-16-22-13(10-27-16)9-24-6-2-1-3-7-24/h4-5,8,10H,1-3,6-7,9,11H2,(H,22,23,25). The molecule has 2 aromatic heterocycles. The van der Waals surface area contributed by atoms with Gasteiger partial charge in [-0.1, -0.05) is 6.42 Å². The van der Waals surface area contributed by atoms with Crippen molar-refractivity contribution in [3.8, 4) is 5.88 Å². The van der Waals surface area contributed by atoms with E-state index in [-0.39, 0.29) is 11.4 Å². The first kappa shape index (κ1) is 19.6. The zero-order valence-electron chi connectivity index (χ0n) is 14.5. The number of thiazole rings is 1. The first-order valence-corrected chi connectivity index (χ1v) is 9.41. The summed E-state index contributed by atoms with van der Waals surface area (Å²) in [4.78, 5) is 22.7. The predicted octanol–water partition coefficient (Wildman–Crippen LogP) is 3.72. The van der Waals surface area contributed by atoms with Gasteiger partial charge in [-0.15, -0.1) is 11.3 Å². The fourth-order valence-electron chi connectivity index (χ4n) is 2.71. The number of carbonyl (C=O) groups excluding carboxylic acids is 1. The molecule has 0 atom stereocenters. The van der Waals surface area contributed by atoms with E-state index in [9.17, 15) is 18.0 Å². The first-order valence-electron chi connectivity index (χ1n) is 8.53.